The molecule has 4 heterocycles. The molecule has 16 heteroatoms. The lowest BCUT2D eigenvalue weighted by molar-refractivity contribution is -0.142. The summed E-state index contributed by atoms with van der Waals surface area (Å²) in [5.74, 6) is -1.10. The van der Waals surface area contributed by atoms with Crippen LogP contribution in [0.5, 0.6) is 0 Å². The number of aromatic nitrogens is 5. The number of amides is 3. The number of fused-ring (bicyclic) bond motifs is 2. The summed E-state index contributed by atoms with van der Waals surface area (Å²) >= 11 is 0.986. The smallest absolute Gasteiger partial charge is 0.413 e. The number of anilines is 1. The molecule has 242 valence electrons. The third-order valence-corrected chi connectivity index (χ3v) is 10.9. The number of benzene rings is 3. The third kappa shape index (κ3) is 6.05. The van der Waals surface area contributed by atoms with Crippen molar-refractivity contribution in [1.82, 2.24) is 33.7 Å². The lowest BCUT2D eigenvalue weighted by Crippen LogP contribution is -2.54. The summed E-state index contributed by atoms with van der Waals surface area (Å²) in [6.45, 7) is -0.871. The first kappa shape index (κ1) is 30.9. The maximum absolute atomic E-state index is 13.3. The largest absolute Gasteiger partial charge is 0.436 e. The number of piperazine rings is 1. The number of hydrogen-bond donors (Lipinski definition) is 1. The SMILES string of the molecule is O=C(Nc1ncnc2c1ncn2CC(=O)N1CCN(S(=O)(=O)c2nc3ccccc3s2)C(=O)C1)OC(c1ccccc1)c1ccccc1. The number of rotatable bonds is 8. The Kier molecular flexibility index (Phi) is 8.24. The van der Waals surface area contributed by atoms with E-state index >= 15 is 0 Å². The monoisotopic (exact) mass is 682 g/mol. The molecule has 1 saturated heterocycles. The zero-order valence-corrected chi connectivity index (χ0v) is 26.7. The fourth-order valence-electron chi connectivity index (χ4n) is 5.33. The van der Waals surface area contributed by atoms with Gasteiger partial charge in [0.05, 0.1) is 23.1 Å². The van der Waals surface area contributed by atoms with Crippen molar-refractivity contribution in [3.63, 3.8) is 0 Å². The van der Waals surface area contributed by atoms with E-state index in [1.54, 1.807) is 24.3 Å². The second kappa shape index (κ2) is 12.8. The number of nitrogens with one attached hydrogen (secondary N) is 1. The van der Waals surface area contributed by atoms with Crippen molar-refractivity contribution in [1.29, 1.82) is 0 Å². The molecule has 0 radical (unpaired) electrons. The average Bonchev–Trinajstić information content (AvgIpc) is 3.73. The number of hydrogen-bond acceptors (Lipinski definition) is 11. The minimum atomic E-state index is -4.18. The summed E-state index contributed by atoms with van der Waals surface area (Å²) in [7, 11) is -4.18. The van der Waals surface area contributed by atoms with Crippen molar-refractivity contribution in [2.75, 3.05) is 25.0 Å². The van der Waals surface area contributed by atoms with Crippen LogP contribution in [0.25, 0.3) is 21.4 Å². The predicted octanol–water partition coefficient (Wildman–Crippen LogP) is 3.83. The van der Waals surface area contributed by atoms with Crippen LogP contribution in [0.1, 0.15) is 17.2 Å². The minimum absolute atomic E-state index is 0.00104. The van der Waals surface area contributed by atoms with Crippen LogP contribution in [0.15, 0.2) is 102 Å². The van der Waals surface area contributed by atoms with E-state index in [9.17, 15) is 22.8 Å². The summed E-state index contributed by atoms with van der Waals surface area (Å²) in [5.41, 5.74) is 2.57. The number of ether oxygens (including phenoxy) is 1. The molecule has 1 N–H and O–H groups in total. The highest BCUT2D eigenvalue weighted by atomic mass is 32.2. The van der Waals surface area contributed by atoms with E-state index in [4.69, 9.17) is 4.74 Å². The Labute approximate surface area is 277 Å². The van der Waals surface area contributed by atoms with Crippen molar-refractivity contribution in [3.8, 4) is 0 Å². The van der Waals surface area contributed by atoms with Gasteiger partial charge < -0.3 is 14.2 Å². The normalized spacial score (nSPS) is 13.7. The molecule has 0 unspecified atom stereocenters. The quantitative estimate of drug-likeness (QED) is 0.249. The van der Waals surface area contributed by atoms with Crippen molar-refractivity contribution in [2.45, 2.75) is 17.0 Å². The molecule has 0 saturated carbocycles. The number of imidazole rings is 1. The molecule has 1 aliphatic heterocycles. The Balaban J connectivity index is 1.02. The molecule has 1 aliphatic rings. The van der Waals surface area contributed by atoms with E-state index in [-0.39, 0.29) is 41.0 Å². The third-order valence-electron chi connectivity index (χ3n) is 7.67. The van der Waals surface area contributed by atoms with Crippen LogP contribution >= 0.6 is 11.3 Å². The first-order chi connectivity index (χ1) is 23.3. The molecule has 3 amide bonds. The van der Waals surface area contributed by atoms with E-state index in [1.807, 2.05) is 60.7 Å². The van der Waals surface area contributed by atoms with Gasteiger partial charge in [-0.15, -0.1) is 11.3 Å². The second-order valence-corrected chi connectivity index (χ2v) is 13.8. The van der Waals surface area contributed by atoms with Gasteiger partial charge in [0.2, 0.25) is 10.2 Å². The Morgan fingerprint density at radius 3 is 2.27 bits per heavy atom. The van der Waals surface area contributed by atoms with Gasteiger partial charge in [-0.2, -0.15) is 8.42 Å². The zero-order chi connectivity index (χ0) is 33.3. The molecule has 6 aromatic rings. The van der Waals surface area contributed by atoms with E-state index in [1.165, 1.54) is 22.1 Å². The van der Waals surface area contributed by atoms with Gasteiger partial charge >= 0.3 is 6.09 Å². The van der Waals surface area contributed by atoms with E-state index < -0.39 is 40.6 Å². The van der Waals surface area contributed by atoms with Gasteiger partial charge in [-0.05, 0) is 23.3 Å². The molecular weight excluding hydrogens is 657 g/mol. The number of thiazole rings is 1. The van der Waals surface area contributed by atoms with E-state index in [0.717, 1.165) is 26.8 Å². The summed E-state index contributed by atoms with van der Waals surface area (Å²) in [6, 6.07) is 25.6. The highest BCUT2D eigenvalue weighted by Crippen LogP contribution is 2.29. The number of carbonyl (C=O) groups excluding carboxylic acids is 3. The number of sulfonamides is 1. The molecule has 7 rings (SSSR count). The first-order valence-corrected chi connectivity index (χ1v) is 17.0. The van der Waals surface area contributed by atoms with Crippen LogP contribution in [0.3, 0.4) is 0 Å². The molecule has 1 fully saturated rings. The van der Waals surface area contributed by atoms with E-state index in [2.05, 4.69) is 25.3 Å². The van der Waals surface area contributed by atoms with Crippen molar-refractivity contribution in [2.24, 2.45) is 0 Å². The number of nitrogens with zero attached hydrogens (tertiary/aromatic N) is 7. The van der Waals surface area contributed by atoms with Crippen LogP contribution in [0.2, 0.25) is 0 Å². The molecule has 0 spiro atoms. The van der Waals surface area contributed by atoms with Gasteiger partial charge in [-0.25, -0.2) is 29.0 Å². The molecule has 14 nitrogen and oxygen atoms in total. The van der Waals surface area contributed by atoms with E-state index in [0.29, 0.717) is 10.2 Å². The maximum atomic E-state index is 13.3. The molecule has 3 aromatic carbocycles. The van der Waals surface area contributed by atoms with Crippen LogP contribution in [0.4, 0.5) is 10.6 Å². The second-order valence-electron chi connectivity index (χ2n) is 10.7. The minimum Gasteiger partial charge on any atom is -0.436 e. The number of carbonyl (C=O) groups is 3. The lowest BCUT2D eigenvalue weighted by Gasteiger charge is -2.33. The molecule has 48 heavy (non-hydrogen) atoms. The fourth-order valence-corrected chi connectivity index (χ4v) is 8.04. The van der Waals surface area contributed by atoms with Gasteiger partial charge in [-0.1, -0.05) is 72.8 Å². The van der Waals surface area contributed by atoms with Gasteiger partial charge in [0.25, 0.3) is 15.9 Å². The Morgan fingerprint density at radius 2 is 1.58 bits per heavy atom. The Morgan fingerprint density at radius 1 is 0.896 bits per heavy atom. The highest BCUT2D eigenvalue weighted by molar-refractivity contribution is 7.91. The van der Waals surface area contributed by atoms with Crippen LogP contribution in [-0.4, -0.2) is 79.7 Å². The summed E-state index contributed by atoms with van der Waals surface area (Å²) in [4.78, 5) is 57.5. The topological polar surface area (TPSA) is 170 Å². The first-order valence-electron chi connectivity index (χ1n) is 14.7. The summed E-state index contributed by atoms with van der Waals surface area (Å²) in [5, 5.41) is 2.64. The summed E-state index contributed by atoms with van der Waals surface area (Å²) in [6.07, 6.45) is 1.15. The molecule has 0 aliphatic carbocycles. The molecule has 3 aromatic heterocycles. The van der Waals surface area contributed by atoms with Gasteiger partial charge in [0.1, 0.15) is 19.4 Å². The maximum Gasteiger partial charge on any atom is 0.413 e. The predicted molar refractivity (Wildman–Crippen MR) is 175 cm³/mol. The highest BCUT2D eigenvalue weighted by Gasteiger charge is 2.37. The standard InChI is InChI=1S/C32H26N8O6S2/c41-25(38-15-16-40(26(42)18-38)48(44,45)32-36-23-13-7-8-14-24(23)47-32)17-39-20-35-27-29(33-19-34-30(27)39)37-31(43)46-28(21-9-3-1-4-10-21)22-11-5-2-6-12-22/h1-14,19-20,28H,15-18H2,(H,33,34,37,43). The van der Waals surface area contributed by atoms with Gasteiger partial charge in [0, 0.05) is 6.54 Å². The van der Waals surface area contributed by atoms with Gasteiger partial charge in [0.15, 0.2) is 23.1 Å². The summed E-state index contributed by atoms with van der Waals surface area (Å²) < 4.78 is 35.1. The number of para-hydroxylation sites is 1. The zero-order valence-electron chi connectivity index (χ0n) is 25.0. The van der Waals surface area contributed by atoms with Crippen molar-refractivity contribution >= 4 is 66.5 Å². The molecule has 0 bridgehead atoms. The Hall–Kier alpha value is -5.74. The van der Waals surface area contributed by atoms with Crippen LogP contribution < -0.4 is 5.32 Å². The average molecular weight is 683 g/mol. The molecular formula is C32H26N8O6S2. The van der Waals surface area contributed by atoms with Crippen molar-refractivity contribution < 1.29 is 27.5 Å². The lowest BCUT2D eigenvalue weighted by atomic mass is 10.0. The van der Waals surface area contributed by atoms with Crippen LogP contribution in [0, 0.1) is 0 Å². The Bertz CT molecular complexity index is 2190. The van der Waals surface area contributed by atoms with Crippen LogP contribution in [-0.2, 0) is 30.9 Å². The molecule has 0 atom stereocenters. The fraction of sp³-hybridized carbons (Fsp3) is 0.156. The van der Waals surface area contributed by atoms with Gasteiger partial charge in [-0.3, -0.25) is 14.9 Å². The van der Waals surface area contributed by atoms with Crippen molar-refractivity contribution in [3.05, 3.63) is 109 Å².